The van der Waals surface area contributed by atoms with E-state index in [4.69, 9.17) is 9.97 Å². The Balaban J connectivity index is 1.03. The Kier molecular flexibility index (Phi) is 14.3. The van der Waals surface area contributed by atoms with Gasteiger partial charge in [0.2, 0.25) is 0 Å². The predicted octanol–water partition coefficient (Wildman–Crippen LogP) is 19.0. The number of hydrogen-bond acceptors (Lipinski definition) is 10. The number of rotatable bonds is 10. The van der Waals surface area contributed by atoms with E-state index in [1.165, 1.54) is 0 Å². The highest BCUT2D eigenvalue weighted by Gasteiger charge is 2.25. The van der Waals surface area contributed by atoms with E-state index in [9.17, 15) is 42.1 Å². The summed E-state index contributed by atoms with van der Waals surface area (Å²) in [5.41, 5.74) is 19.0. The van der Waals surface area contributed by atoms with Crippen LogP contribution in [0.2, 0.25) is 0 Å². The first kappa shape index (κ1) is 57.7. The number of nitrogens with zero attached hydrogens (tertiary/aromatic N) is 12. The number of hydrogen-bond donors (Lipinski definition) is 0. The van der Waals surface area contributed by atoms with Crippen LogP contribution in [0.5, 0.6) is 0 Å². The zero-order valence-electron chi connectivity index (χ0n) is 50.6. The van der Waals surface area contributed by atoms with Gasteiger partial charge < -0.3 is 9.13 Å². The Hall–Kier alpha value is -14.8. The molecule has 96 heavy (non-hydrogen) atoms. The molecule has 0 aliphatic heterocycles. The summed E-state index contributed by atoms with van der Waals surface area (Å²) in [7, 11) is 0. The minimum Gasteiger partial charge on any atom is -0.309 e. The summed E-state index contributed by atoms with van der Waals surface area (Å²) in [6, 6.07) is 99.4. The standard InChI is InChI=1S/C84H42N12/c85-43-51-15-24-66(62(33-51)47-89)57-19-28-80-72(37-57)73-38-58(67-25-16-52(44-86)34-63(67)48-90)20-29-81(73)95(80)78-14-8-7-13-70(78)71-41-61(77-42-76(55-9-3-1-4-10-55)93-84(94-77)56-11-5-2-6-12-56)23-32-79(71)96-82-30-21-59(68-26-17-53(45-87)35-64(68)49-91)39-74(82)75-40-60(22-31-83(75)96)69-27-18-54(46-88)36-65(69)50-92/h1-42H. The fourth-order valence-corrected chi connectivity index (χ4v) is 13.1. The average Bonchev–Trinajstić information content (AvgIpc) is 1.57. The van der Waals surface area contributed by atoms with Crippen LogP contribution in [0, 0.1) is 90.6 Å². The van der Waals surface area contributed by atoms with Crippen molar-refractivity contribution in [2.75, 3.05) is 0 Å². The van der Waals surface area contributed by atoms with Crippen LogP contribution >= 0.6 is 0 Å². The van der Waals surface area contributed by atoms with Crippen molar-refractivity contribution in [1.29, 1.82) is 42.1 Å². The maximum atomic E-state index is 10.5. The SMILES string of the molecule is N#Cc1ccc(-c2ccc3c(c2)c2cc(-c4ccc(C#N)cc4C#N)ccc2n3-c2ccccc2-c2cc(-c3cc(-c4ccccc4)nc(-c4ccccc4)n3)ccc2-n2c3ccc(-c4ccc(C#N)cc4C#N)cc3c3cc(-c4ccc(C#N)cc4C#N)ccc32)c(C#N)c1. The molecule has 12 heteroatoms. The first-order chi connectivity index (χ1) is 47.2. The molecule has 3 heterocycles. The fourth-order valence-electron chi connectivity index (χ4n) is 13.1. The Bertz CT molecular complexity index is 5870. The highest BCUT2D eigenvalue weighted by molar-refractivity contribution is 6.14. The summed E-state index contributed by atoms with van der Waals surface area (Å²) in [6.07, 6.45) is 0. The smallest absolute Gasteiger partial charge is 0.160 e. The van der Waals surface area contributed by atoms with Gasteiger partial charge in [0.25, 0.3) is 0 Å². The largest absolute Gasteiger partial charge is 0.309 e. The van der Waals surface area contributed by atoms with Gasteiger partial charge in [-0.3, -0.25) is 0 Å². The van der Waals surface area contributed by atoms with Crippen molar-refractivity contribution >= 4 is 43.6 Å². The van der Waals surface area contributed by atoms with Gasteiger partial charge >= 0.3 is 0 Å². The molecule has 0 bridgehead atoms. The zero-order chi connectivity index (χ0) is 65.6. The third-order valence-electron chi connectivity index (χ3n) is 17.6. The maximum absolute atomic E-state index is 10.5. The lowest BCUT2D eigenvalue weighted by molar-refractivity contribution is 1.16. The van der Waals surface area contributed by atoms with Gasteiger partial charge in [-0.25, -0.2) is 9.97 Å². The molecule has 15 aromatic rings. The molecule has 0 amide bonds. The van der Waals surface area contributed by atoms with E-state index in [0.717, 1.165) is 111 Å². The summed E-state index contributed by atoms with van der Waals surface area (Å²) < 4.78 is 4.48. The van der Waals surface area contributed by atoms with Crippen molar-refractivity contribution in [3.63, 3.8) is 0 Å². The molecular weight excluding hydrogens is 1180 g/mol. The van der Waals surface area contributed by atoms with Crippen molar-refractivity contribution in [1.82, 2.24) is 19.1 Å². The number of benzene rings is 12. The van der Waals surface area contributed by atoms with Gasteiger partial charge in [-0.05, 0) is 166 Å². The molecule has 0 radical (unpaired) electrons. The van der Waals surface area contributed by atoms with Crippen LogP contribution < -0.4 is 0 Å². The molecule has 0 saturated carbocycles. The van der Waals surface area contributed by atoms with Crippen LogP contribution in [0.25, 0.3) is 145 Å². The molecule has 12 aromatic carbocycles. The van der Waals surface area contributed by atoms with E-state index in [0.29, 0.717) is 78.3 Å². The molecule has 0 saturated heterocycles. The summed E-state index contributed by atoms with van der Waals surface area (Å²) >= 11 is 0. The Morgan fingerprint density at radius 3 is 0.938 bits per heavy atom. The molecule has 0 aliphatic carbocycles. The van der Waals surface area contributed by atoms with Gasteiger partial charge in [0.05, 0.1) is 138 Å². The number of aromatic nitrogens is 4. The maximum Gasteiger partial charge on any atom is 0.160 e. The van der Waals surface area contributed by atoms with Crippen LogP contribution in [0.4, 0.5) is 0 Å². The minimum absolute atomic E-state index is 0.346. The first-order valence-corrected chi connectivity index (χ1v) is 30.4. The lowest BCUT2D eigenvalue weighted by atomic mass is 9.95. The highest BCUT2D eigenvalue weighted by atomic mass is 15.0. The van der Waals surface area contributed by atoms with E-state index in [-0.39, 0.29) is 0 Å². The molecule has 12 nitrogen and oxygen atoms in total. The Labute approximate surface area is 550 Å². The fraction of sp³-hybridized carbons (Fsp3) is 0. The second kappa shape index (κ2) is 23.9. The van der Waals surface area contributed by atoms with Gasteiger partial charge in [-0.15, -0.1) is 0 Å². The van der Waals surface area contributed by atoms with E-state index >= 15 is 0 Å². The molecule has 438 valence electrons. The van der Waals surface area contributed by atoms with Crippen LogP contribution in [0.3, 0.4) is 0 Å². The normalized spacial score (nSPS) is 10.8. The van der Waals surface area contributed by atoms with Crippen molar-refractivity contribution in [3.8, 4) is 149 Å². The summed E-state index contributed by atoms with van der Waals surface area (Å²) in [6.45, 7) is 0. The first-order valence-electron chi connectivity index (χ1n) is 30.4. The molecule has 0 N–H and O–H groups in total. The van der Waals surface area contributed by atoms with E-state index in [1.807, 2.05) is 103 Å². The van der Waals surface area contributed by atoms with E-state index in [2.05, 4.69) is 137 Å². The zero-order valence-corrected chi connectivity index (χ0v) is 50.6. The predicted molar refractivity (Wildman–Crippen MR) is 372 cm³/mol. The van der Waals surface area contributed by atoms with Gasteiger partial charge in [0, 0.05) is 49.4 Å². The molecule has 0 unspecified atom stereocenters. The third-order valence-corrected chi connectivity index (χ3v) is 17.6. The molecule has 0 aliphatic rings. The Morgan fingerprint density at radius 2 is 0.562 bits per heavy atom. The number of fused-ring (bicyclic) bond motifs is 6. The lowest BCUT2D eigenvalue weighted by Crippen LogP contribution is -2.02. The number of para-hydroxylation sites is 1. The van der Waals surface area contributed by atoms with Crippen molar-refractivity contribution in [3.05, 3.63) is 299 Å². The summed E-state index contributed by atoms with van der Waals surface area (Å²) in [4.78, 5) is 10.5. The summed E-state index contributed by atoms with van der Waals surface area (Å²) in [5, 5.41) is 84.8. The second-order valence-electron chi connectivity index (χ2n) is 23.0. The average molecular weight is 1220 g/mol. The monoisotopic (exact) mass is 1220 g/mol. The van der Waals surface area contributed by atoms with Crippen LogP contribution in [0.1, 0.15) is 44.5 Å². The number of nitriles is 8. The molecular formula is C84H42N12. The van der Waals surface area contributed by atoms with Crippen LogP contribution in [-0.4, -0.2) is 19.1 Å². The van der Waals surface area contributed by atoms with Gasteiger partial charge in [-0.1, -0.05) is 133 Å². The van der Waals surface area contributed by atoms with Crippen molar-refractivity contribution in [2.24, 2.45) is 0 Å². The molecule has 0 atom stereocenters. The third kappa shape index (κ3) is 9.91. The molecule has 0 fully saturated rings. The van der Waals surface area contributed by atoms with E-state index in [1.54, 1.807) is 72.8 Å². The lowest BCUT2D eigenvalue weighted by Gasteiger charge is -2.20. The van der Waals surface area contributed by atoms with Crippen LogP contribution in [-0.2, 0) is 0 Å². The van der Waals surface area contributed by atoms with E-state index < -0.39 is 0 Å². The molecule has 3 aromatic heterocycles. The van der Waals surface area contributed by atoms with Crippen molar-refractivity contribution < 1.29 is 0 Å². The van der Waals surface area contributed by atoms with Gasteiger partial charge in [0.15, 0.2) is 5.82 Å². The summed E-state index contributed by atoms with van der Waals surface area (Å²) in [5.74, 6) is 0.547. The van der Waals surface area contributed by atoms with Gasteiger partial charge in [0.1, 0.15) is 0 Å². The second-order valence-corrected chi connectivity index (χ2v) is 23.0. The van der Waals surface area contributed by atoms with Crippen LogP contribution in [0.15, 0.2) is 255 Å². The van der Waals surface area contributed by atoms with Crippen molar-refractivity contribution in [2.45, 2.75) is 0 Å². The minimum atomic E-state index is 0.346. The highest BCUT2D eigenvalue weighted by Crippen LogP contribution is 2.46. The van der Waals surface area contributed by atoms with Gasteiger partial charge in [-0.2, -0.15) is 42.1 Å². The molecule has 15 rings (SSSR count). The molecule has 0 spiro atoms. The quantitative estimate of drug-likeness (QED) is 0.126. The topological polar surface area (TPSA) is 226 Å². The Morgan fingerprint density at radius 1 is 0.229 bits per heavy atom.